The van der Waals surface area contributed by atoms with Gasteiger partial charge in [-0.05, 0) is 41.5 Å². The molecule has 0 heterocycles. The summed E-state index contributed by atoms with van der Waals surface area (Å²) in [5.74, 6) is 0.333. The first kappa shape index (κ1) is 31.3. The van der Waals surface area contributed by atoms with Gasteiger partial charge in [-0.2, -0.15) is 0 Å². The van der Waals surface area contributed by atoms with Crippen LogP contribution in [0.4, 0.5) is 0 Å². The maximum Gasteiger partial charge on any atom is 0.126 e. The van der Waals surface area contributed by atoms with Crippen molar-refractivity contribution >= 4 is 46.4 Å². The van der Waals surface area contributed by atoms with Gasteiger partial charge in [-0.1, -0.05) is 34.8 Å². The summed E-state index contributed by atoms with van der Waals surface area (Å²) in [7, 11) is 0. The van der Waals surface area contributed by atoms with Crippen molar-refractivity contribution in [2.45, 2.75) is 41.5 Å². The molecular weight excluding hydrogens is 314 g/mol. The maximum atomic E-state index is 9.44. The van der Waals surface area contributed by atoms with Gasteiger partial charge >= 0.3 is 0 Å². The van der Waals surface area contributed by atoms with Crippen LogP contribution in [-0.4, -0.2) is 35.0 Å². The van der Waals surface area contributed by atoms with Gasteiger partial charge in [0.2, 0.25) is 0 Å². The number of hydrogen-bond acceptors (Lipinski definition) is 4. The number of carbonyl (C=O) groups is 2. The molecule has 0 amide bonds. The van der Waals surface area contributed by atoms with E-state index in [1.54, 1.807) is 13.8 Å². The molecule has 118 valence electrons. The second-order valence-corrected chi connectivity index (χ2v) is 4.07. The molecule has 4 nitrogen and oxygen atoms in total. The Kier molecular flexibility index (Phi) is 59.5. The molecule has 0 aromatic rings. The predicted octanol–water partition coefficient (Wildman–Crippen LogP) is 3.69. The van der Waals surface area contributed by atoms with Gasteiger partial charge in [0.05, 0.1) is 0 Å². The van der Waals surface area contributed by atoms with Crippen molar-refractivity contribution in [1.29, 1.82) is 0 Å². The molecule has 0 radical (unpaired) electrons. The Morgan fingerprint density at radius 2 is 0.947 bits per heavy atom. The second kappa shape index (κ2) is 36.1. The Balaban J connectivity index is -0.0000000437. The lowest BCUT2D eigenvalue weighted by molar-refractivity contribution is -0.115. The molecule has 0 unspecified atom stereocenters. The quantitative estimate of drug-likeness (QED) is 0.706. The van der Waals surface area contributed by atoms with E-state index in [4.69, 9.17) is 45.0 Å². The van der Waals surface area contributed by atoms with E-state index >= 15 is 0 Å². The Labute approximate surface area is 131 Å². The molecule has 0 aliphatic heterocycles. The average Bonchev–Trinajstić information content (AvgIpc) is 2.18. The average molecular weight is 340 g/mol. The summed E-state index contributed by atoms with van der Waals surface area (Å²) >= 11 is 14.8. The molecular formula is C12H25Cl3O4. The fraction of sp³-hybridized carbons (Fsp3) is 0.667. The number of Topliss-reactive ketones (excluding diaryl/α,β-unsaturated/α-hetero) is 2. The first-order valence-electron chi connectivity index (χ1n) is 5.34. The molecule has 2 N–H and O–H groups in total. The van der Waals surface area contributed by atoms with Gasteiger partial charge in [-0.15, -0.1) is 0 Å². The van der Waals surface area contributed by atoms with E-state index in [2.05, 4.69) is 0 Å². The highest BCUT2D eigenvalue weighted by atomic mass is 35.5. The van der Waals surface area contributed by atoms with Crippen LogP contribution in [0.2, 0.25) is 0 Å². The van der Waals surface area contributed by atoms with Gasteiger partial charge in [-0.25, -0.2) is 0 Å². The molecule has 0 spiro atoms. The topological polar surface area (TPSA) is 74.6 Å². The fourth-order valence-corrected chi connectivity index (χ4v) is 0. The number of aliphatic hydroxyl groups is 2. The fourth-order valence-electron chi connectivity index (χ4n) is 0. The first-order valence-corrected chi connectivity index (χ1v) is 6.53. The van der Waals surface area contributed by atoms with E-state index in [1.807, 2.05) is 0 Å². The lowest BCUT2D eigenvalue weighted by atomic mass is 10.6. The molecule has 0 bridgehead atoms. The number of aliphatic hydroxyl groups excluding tert-OH is 2. The molecule has 19 heavy (non-hydrogen) atoms. The normalized spacial score (nSPS) is 6.47. The third kappa shape index (κ3) is 1290. The van der Waals surface area contributed by atoms with Gasteiger partial charge in [0.15, 0.2) is 0 Å². The molecule has 0 fully saturated rings. The van der Waals surface area contributed by atoms with Crippen molar-refractivity contribution in [2.75, 3.05) is 13.2 Å². The largest absolute Gasteiger partial charge is 0.397 e. The predicted molar refractivity (Wildman–Crippen MR) is 83.9 cm³/mol. The summed E-state index contributed by atoms with van der Waals surface area (Å²) in [6.45, 7) is 9.97. The Morgan fingerprint density at radius 3 is 0.947 bits per heavy atom. The van der Waals surface area contributed by atoms with Crippen LogP contribution in [0.25, 0.3) is 0 Å². The van der Waals surface area contributed by atoms with E-state index in [9.17, 15) is 9.59 Å². The Morgan fingerprint density at radius 1 is 0.895 bits per heavy atom. The van der Waals surface area contributed by atoms with Crippen LogP contribution in [0.3, 0.4) is 0 Å². The summed E-state index contributed by atoms with van der Waals surface area (Å²) in [5.41, 5.74) is 1.09. The molecule has 0 aromatic carbocycles. The van der Waals surface area contributed by atoms with Gasteiger partial charge in [0.1, 0.15) is 16.1 Å². The first-order chi connectivity index (χ1) is 8.56. The number of rotatable bonds is 0. The number of ketones is 2. The highest BCUT2D eigenvalue weighted by Gasteiger charge is 1.70. The van der Waals surface area contributed by atoms with Crippen LogP contribution in [-0.2, 0) is 9.59 Å². The minimum absolute atomic E-state index is 0.0895. The third-order valence-electron chi connectivity index (χ3n) is 0.0825. The van der Waals surface area contributed by atoms with E-state index in [0.29, 0.717) is 0 Å². The van der Waals surface area contributed by atoms with Crippen LogP contribution >= 0.6 is 34.8 Å². The molecule has 0 aliphatic carbocycles. The summed E-state index contributed by atoms with van der Waals surface area (Å²) < 4.78 is 0.0895. The molecule has 0 aromatic heterocycles. The van der Waals surface area contributed by atoms with Crippen LogP contribution < -0.4 is 0 Å². The minimum Gasteiger partial charge on any atom is -0.397 e. The van der Waals surface area contributed by atoms with Gasteiger partial charge in [0, 0.05) is 18.7 Å². The standard InChI is InChI=1S/2C3H6O.C2HCl3.2C2H6O/c2*1-3(2)4;3-1-2(4)5;2*1-2-3/h2*1-2H3;1H;2*3H,2H2,1H3. The zero-order valence-corrected chi connectivity index (χ0v) is 14.6. The van der Waals surface area contributed by atoms with Crippen LogP contribution in [0.5, 0.6) is 0 Å². The minimum atomic E-state index is 0.0895. The Hall–Kier alpha value is -0.130. The SMILES string of the molecule is CC(C)=O.CC(C)=O.CCO.CCO.ClC=C(Cl)Cl. The van der Waals surface area contributed by atoms with E-state index < -0.39 is 0 Å². The lowest BCUT2D eigenvalue weighted by Crippen LogP contribution is -1.69. The summed E-state index contributed by atoms with van der Waals surface area (Å²) in [6, 6.07) is 0. The van der Waals surface area contributed by atoms with Crippen molar-refractivity contribution in [3.05, 3.63) is 10.0 Å². The Bertz CT molecular complexity index is 181. The maximum absolute atomic E-state index is 9.44. The van der Waals surface area contributed by atoms with Crippen molar-refractivity contribution in [3.8, 4) is 0 Å². The number of halogens is 3. The zero-order chi connectivity index (χ0) is 16.9. The van der Waals surface area contributed by atoms with Gasteiger partial charge < -0.3 is 19.8 Å². The van der Waals surface area contributed by atoms with E-state index in [0.717, 1.165) is 5.54 Å². The van der Waals surface area contributed by atoms with Crippen molar-refractivity contribution in [2.24, 2.45) is 0 Å². The number of carbonyl (C=O) groups excluding carboxylic acids is 2. The van der Waals surface area contributed by atoms with E-state index in [1.165, 1.54) is 27.7 Å². The highest BCUT2D eigenvalue weighted by Crippen LogP contribution is 2.05. The van der Waals surface area contributed by atoms with Crippen molar-refractivity contribution < 1.29 is 19.8 Å². The summed E-state index contributed by atoms with van der Waals surface area (Å²) in [5, 5.41) is 15.1. The lowest BCUT2D eigenvalue weighted by Gasteiger charge is -1.64. The van der Waals surface area contributed by atoms with Crippen LogP contribution in [0.15, 0.2) is 10.0 Å². The van der Waals surface area contributed by atoms with Crippen molar-refractivity contribution in [1.82, 2.24) is 0 Å². The third-order valence-corrected chi connectivity index (χ3v) is 0.742. The summed E-state index contributed by atoms with van der Waals surface area (Å²) in [4.78, 5) is 18.9. The number of hydrogen-bond donors (Lipinski definition) is 2. The van der Waals surface area contributed by atoms with Gasteiger partial charge in [-0.3, -0.25) is 0 Å². The molecule has 0 saturated carbocycles. The smallest absolute Gasteiger partial charge is 0.126 e. The van der Waals surface area contributed by atoms with Crippen LogP contribution in [0, 0.1) is 0 Å². The molecule has 0 rings (SSSR count). The molecule has 0 aliphatic rings. The van der Waals surface area contributed by atoms with Crippen LogP contribution in [0.1, 0.15) is 41.5 Å². The van der Waals surface area contributed by atoms with Crippen molar-refractivity contribution in [3.63, 3.8) is 0 Å². The zero-order valence-electron chi connectivity index (χ0n) is 12.3. The summed E-state index contributed by atoms with van der Waals surface area (Å²) in [6.07, 6.45) is 0. The van der Waals surface area contributed by atoms with Gasteiger partial charge in [0.25, 0.3) is 0 Å². The highest BCUT2D eigenvalue weighted by molar-refractivity contribution is 6.58. The van der Waals surface area contributed by atoms with E-state index in [-0.39, 0.29) is 29.3 Å². The molecule has 7 heteroatoms. The second-order valence-electron chi connectivity index (χ2n) is 2.85. The monoisotopic (exact) mass is 338 g/mol. The molecule has 0 saturated heterocycles. The molecule has 0 atom stereocenters.